The Balaban J connectivity index is 2.41. The second-order valence-corrected chi connectivity index (χ2v) is 5.38. The number of nitrogens with one attached hydrogen (secondary N) is 1. The first kappa shape index (κ1) is 13.9. The van der Waals surface area contributed by atoms with Gasteiger partial charge in [-0.1, -0.05) is 22.0 Å². The quantitative estimate of drug-likeness (QED) is 0.781. The van der Waals surface area contributed by atoms with Crippen LogP contribution in [0.15, 0.2) is 22.7 Å². The zero-order valence-electron chi connectivity index (χ0n) is 9.75. The first-order valence-corrected chi connectivity index (χ1v) is 7.48. The van der Waals surface area contributed by atoms with E-state index < -0.39 is 0 Å². The minimum Gasteiger partial charge on any atom is -0.496 e. The molecule has 0 bridgehead atoms. The van der Waals surface area contributed by atoms with Crippen LogP contribution < -0.4 is 10.1 Å². The molecule has 0 amide bonds. The van der Waals surface area contributed by atoms with E-state index in [4.69, 9.17) is 4.74 Å². The molecule has 1 aromatic carbocycles. The molecule has 0 aliphatic carbocycles. The minimum atomic E-state index is 0.866. The van der Waals surface area contributed by atoms with Gasteiger partial charge in [0, 0.05) is 16.6 Å². The molecule has 4 heteroatoms. The van der Waals surface area contributed by atoms with E-state index in [1.165, 1.54) is 17.7 Å². The van der Waals surface area contributed by atoms with Gasteiger partial charge in [0.05, 0.1) is 7.11 Å². The third-order valence-corrected chi connectivity index (χ3v) is 3.46. The predicted octanol–water partition coefficient (Wildman–Crippen LogP) is 3.30. The molecule has 2 nitrogen and oxygen atoms in total. The number of ether oxygens (including phenoxy) is 1. The minimum absolute atomic E-state index is 0.866. The number of halogens is 1. The van der Waals surface area contributed by atoms with E-state index >= 15 is 0 Å². The highest BCUT2D eigenvalue weighted by atomic mass is 79.9. The summed E-state index contributed by atoms with van der Waals surface area (Å²) in [5.74, 6) is 2.15. The fourth-order valence-electron chi connectivity index (χ4n) is 1.43. The van der Waals surface area contributed by atoms with Gasteiger partial charge in [0.2, 0.25) is 0 Å². The third kappa shape index (κ3) is 4.76. The van der Waals surface area contributed by atoms with Gasteiger partial charge in [0.1, 0.15) is 5.75 Å². The molecule has 1 N–H and O–H groups in total. The summed E-state index contributed by atoms with van der Waals surface area (Å²) < 4.78 is 6.38. The summed E-state index contributed by atoms with van der Waals surface area (Å²) in [5, 5.41) is 3.42. The Morgan fingerprint density at radius 2 is 2.25 bits per heavy atom. The molecular weight excluding hydrogens is 286 g/mol. The van der Waals surface area contributed by atoms with Gasteiger partial charge in [0.15, 0.2) is 0 Å². The molecule has 0 spiro atoms. The van der Waals surface area contributed by atoms with Crippen LogP contribution in [-0.4, -0.2) is 25.7 Å². The van der Waals surface area contributed by atoms with Crippen LogP contribution in [0.5, 0.6) is 5.75 Å². The van der Waals surface area contributed by atoms with Crippen molar-refractivity contribution in [2.75, 3.05) is 25.7 Å². The molecule has 0 aliphatic heterocycles. The second-order valence-electron chi connectivity index (χ2n) is 3.48. The molecule has 1 rings (SSSR count). The standard InChI is InChI=1S/C12H18BrNOS/c1-15-12-8-11(13)5-4-10(12)9-14-6-3-7-16-2/h4-5,8,14H,3,6-7,9H2,1-2H3. The van der Waals surface area contributed by atoms with Crippen molar-refractivity contribution in [2.24, 2.45) is 0 Å². The monoisotopic (exact) mass is 303 g/mol. The normalized spacial score (nSPS) is 10.4. The summed E-state index contributed by atoms with van der Waals surface area (Å²) in [4.78, 5) is 0. The molecule has 0 atom stereocenters. The van der Waals surface area contributed by atoms with Gasteiger partial charge in [0.25, 0.3) is 0 Å². The van der Waals surface area contributed by atoms with Crippen molar-refractivity contribution in [3.63, 3.8) is 0 Å². The molecule has 0 fully saturated rings. The molecule has 0 aliphatic rings. The molecule has 1 aromatic rings. The van der Waals surface area contributed by atoms with E-state index in [1.807, 2.05) is 23.9 Å². The predicted molar refractivity (Wildman–Crippen MR) is 75.4 cm³/mol. The average molecular weight is 304 g/mol. The van der Waals surface area contributed by atoms with E-state index in [-0.39, 0.29) is 0 Å². The lowest BCUT2D eigenvalue weighted by Crippen LogP contribution is -2.15. The zero-order chi connectivity index (χ0) is 11.8. The summed E-state index contributed by atoms with van der Waals surface area (Å²) in [7, 11) is 1.71. The Hall–Kier alpha value is -0.190. The Bertz CT molecular complexity index is 320. The van der Waals surface area contributed by atoms with Gasteiger partial charge >= 0.3 is 0 Å². The van der Waals surface area contributed by atoms with Crippen LogP contribution in [0.4, 0.5) is 0 Å². The molecule has 0 saturated heterocycles. The topological polar surface area (TPSA) is 21.3 Å². The maximum Gasteiger partial charge on any atom is 0.124 e. The summed E-state index contributed by atoms with van der Waals surface area (Å²) in [6.07, 6.45) is 3.35. The van der Waals surface area contributed by atoms with Crippen molar-refractivity contribution in [3.8, 4) is 5.75 Å². The molecule has 0 aromatic heterocycles. The van der Waals surface area contributed by atoms with Gasteiger partial charge < -0.3 is 10.1 Å². The van der Waals surface area contributed by atoms with Gasteiger partial charge in [-0.15, -0.1) is 0 Å². The Morgan fingerprint density at radius 1 is 1.44 bits per heavy atom. The summed E-state index contributed by atoms with van der Waals surface area (Å²) in [6.45, 7) is 1.92. The molecule has 0 unspecified atom stereocenters. The van der Waals surface area contributed by atoms with Gasteiger partial charge in [-0.25, -0.2) is 0 Å². The zero-order valence-corrected chi connectivity index (χ0v) is 12.2. The fraction of sp³-hybridized carbons (Fsp3) is 0.500. The second kappa shape index (κ2) is 7.98. The Morgan fingerprint density at radius 3 is 2.94 bits per heavy atom. The van der Waals surface area contributed by atoms with Crippen LogP contribution >= 0.6 is 27.7 Å². The number of benzene rings is 1. The van der Waals surface area contributed by atoms with E-state index in [2.05, 4.69) is 33.6 Å². The number of methoxy groups -OCH3 is 1. The number of rotatable bonds is 7. The van der Waals surface area contributed by atoms with Crippen molar-refractivity contribution in [3.05, 3.63) is 28.2 Å². The van der Waals surface area contributed by atoms with Crippen LogP contribution in [-0.2, 0) is 6.54 Å². The Kier molecular flexibility index (Phi) is 6.92. The van der Waals surface area contributed by atoms with Crippen LogP contribution in [0.2, 0.25) is 0 Å². The maximum absolute atomic E-state index is 5.33. The average Bonchev–Trinajstić information content (AvgIpc) is 2.30. The lowest BCUT2D eigenvalue weighted by Gasteiger charge is -2.09. The molecular formula is C12H18BrNOS. The SMILES string of the molecule is COc1cc(Br)ccc1CNCCCSC. The number of hydrogen-bond acceptors (Lipinski definition) is 3. The highest BCUT2D eigenvalue weighted by molar-refractivity contribution is 9.10. The Labute approximate surface area is 110 Å². The fourth-order valence-corrected chi connectivity index (χ4v) is 2.20. The van der Waals surface area contributed by atoms with Crippen LogP contribution in [0.25, 0.3) is 0 Å². The number of thioether (sulfide) groups is 1. The van der Waals surface area contributed by atoms with E-state index in [9.17, 15) is 0 Å². The van der Waals surface area contributed by atoms with Gasteiger partial charge in [-0.3, -0.25) is 0 Å². The smallest absolute Gasteiger partial charge is 0.124 e. The number of hydrogen-bond donors (Lipinski definition) is 1. The molecule has 0 saturated carbocycles. The largest absolute Gasteiger partial charge is 0.496 e. The molecule has 0 radical (unpaired) electrons. The first-order chi connectivity index (χ1) is 7.77. The lowest BCUT2D eigenvalue weighted by molar-refractivity contribution is 0.407. The first-order valence-electron chi connectivity index (χ1n) is 5.30. The molecule has 90 valence electrons. The summed E-state index contributed by atoms with van der Waals surface area (Å²) in [6, 6.07) is 6.13. The van der Waals surface area contributed by atoms with E-state index in [0.29, 0.717) is 0 Å². The van der Waals surface area contributed by atoms with E-state index in [0.717, 1.165) is 23.3 Å². The van der Waals surface area contributed by atoms with Crippen LogP contribution in [0.3, 0.4) is 0 Å². The van der Waals surface area contributed by atoms with Crippen LogP contribution in [0, 0.1) is 0 Å². The van der Waals surface area contributed by atoms with Crippen molar-refractivity contribution in [1.29, 1.82) is 0 Å². The van der Waals surface area contributed by atoms with Crippen molar-refractivity contribution >= 4 is 27.7 Å². The van der Waals surface area contributed by atoms with Crippen molar-refractivity contribution < 1.29 is 4.74 Å². The third-order valence-electron chi connectivity index (χ3n) is 2.27. The van der Waals surface area contributed by atoms with E-state index in [1.54, 1.807) is 7.11 Å². The maximum atomic E-state index is 5.33. The molecule has 16 heavy (non-hydrogen) atoms. The van der Waals surface area contributed by atoms with Gasteiger partial charge in [-0.05, 0) is 37.1 Å². The highest BCUT2D eigenvalue weighted by Gasteiger charge is 2.02. The molecule has 0 heterocycles. The van der Waals surface area contributed by atoms with Crippen molar-refractivity contribution in [2.45, 2.75) is 13.0 Å². The summed E-state index contributed by atoms with van der Waals surface area (Å²) >= 11 is 5.32. The summed E-state index contributed by atoms with van der Waals surface area (Å²) in [5.41, 5.74) is 1.20. The van der Waals surface area contributed by atoms with Gasteiger partial charge in [-0.2, -0.15) is 11.8 Å². The highest BCUT2D eigenvalue weighted by Crippen LogP contribution is 2.23. The van der Waals surface area contributed by atoms with Crippen molar-refractivity contribution in [1.82, 2.24) is 5.32 Å². The lowest BCUT2D eigenvalue weighted by atomic mass is 10.2. The van der Waals surface area contributed by atoms with Crippen LogP contribution in [0.1, 0.15) is 12.0 Å².